The number of halogens is 2. The highest BCUT2D eigenvalue weighted by Crippen LogP contribution is 1.84. The lowest BCUT2D eigenvalue weighted by Gasteiger charge is -1.50. The van der Waals surface area contributed by atoms with E-state index in [0.29, 0.717) is 0 Å². The van der Waals surface area contributed by atoms with Gasteiger partial charge in [-0.3, -0.25) is 0 Å². The van der Waals surface area contributed by atoms with E-state index in [9.17, 15) is 0 Å². The molecule has 0 amide bonds. The van der Waals surface area contributed by atoms with Gasteiger partial charge in [0.2, 0.25) is 0 Å². The molecule has 0 N–H and O–H groups in total. The summed E-state index contributed by atoms with van der Waals surface area (Å²) in [7, 11) is 2.17. The summed E-state index contributed by atoms with van der Waals surface area (Å²) in [6.45, 7) is 8.61. The van der Waals surface area contributed by atoms with E-state index in [2.05, 4.69) is 26.7 Å². The molecule has 0 aromatic carbocycles. The van der Waals surface area contributed by atoms with E-state index >= 15 is 0 Å². The fourth-order valence-electron chi connectivity index (χ4n) is 0. The van der Waals surface area contributed by atoms with Crippen molar-refractivity contribution in [3.8, 4) is 0 Å². The first-order valence-electron chi connectivity index (χ1n) is 2.00. The summed E-state index contributed by atoms with van der Waals surface area (Å²) in [5, 5.41) is 0. The molecule has 0 aromatic rings. The third-order valence-electron chi connectivity index (χ3n) is 0. The molecule has 0 unspecified atom stereocenters. The van der Waals surface area contributed by atoms with E-state index in [1.54, 1.807) is 0 Å². The van der Waals surface area contributed by atoms with Crippen LogP contribution in [0.15, 0.2) is 0 Å². The lowest BCUT2D eigenvalue weighted by Crippen LogP contribution is -1.18. The molecule has 8 heavy (non-hydrogen) atoms. The Kier molecular flexibility index (Phi) is 112. The van der Waals surface area contributed by atoms with Gasteiger partial charge in [-0.1, -0.05) is 0 Å². The van der Waals surface area contributed by atoms with Crippen molar-refractivity contribution < 1.29 is 0 Å². The first-order chi connectivity index (χ1) is 2.83. The summed E-state index contributed by atoms with van der Waals surface area (Å²) in [6.07, 6.45) is 0. The van der Waals surface area contributed by atoms with Crippen molar-refractivity contribution in [3.05, 3.63) is 0 Å². The maximum atomic E-state index is 2.15. The van der Waals surface area contributed by atoms with Crippen molar-refractivity contribution in [2.45, 2.75) is 0 Å². The molecule has 0 aliphatic rings. The minimum Gasteiger partial charge on any atom is -0.147 e. The van der Waals surface area contributed by atoms with Crippen LogP contribution in [0, 0.1) is 0 Å². The molecule has 0 saturated carbocycles. The third-order valence-corrected chi connectivity index (χ3v) is 0. The van der Waals surface area contributed by atoms with Crippen LogP contribution >= 0.6 is 42.0 Å². The van der Waals surface area contributed by atoms with Gasteiger partial charge < -0.3 is 0 Å². The second-order valence-electron chi connectivity index (χ2n) is 1.00. The van der Waals surface area contributed by atoms with E-state index in [4.69, 9.17) is 0 Å². The minimum absolute atomic E-state index is 0. The number of hydrogen-bond donors (Lipinski definition) is 0. The van der Waals surface area contributed by atoms with Crippen LogP contribution < -0.4 is 0 Å². The van der Waals surface area contributed by atoms with Gasteiger partial charge in [-0.15, -0.1) is 42.0 Å². The molecule has 56 valence electrons. The molecule has 0 aliphatic heterocycles. The maximum absolute atomic E-state index is 2.15. The van der Waals surface area contributed by atoms with E-state index in [0.717, 1.165) is 17.2 Å². The second-order valence-corrected chi connectivity index (χ2v) is 3.00. The van der Waals surface area contributed by atoms with Crippen molar-refractivity contribution in [2.75, 3.05) is 26.7 Å². The van der Waals surface area contributed by atoms with Crippen molar-refractivity contribution in [1.82, 2.24) is 0 Å². The molecule has 0 aromatic heterocycles. The summed E-state index contributed by atoms with van der Waals surface area (Å²) >= 11 is 0. The van der Waals surface area contributed by atoms with Crippen LogP contribution in [-0.4, -0.2) is 26.7 Å². The highest BCUT2D eigenvalue weighted by atomic mass is 35.5. The third kappa shape index (κ3) is 149. The van der Waals surface area contributed by atoms with Gasteiger partial charge in [-0.05, 0) is 26.7 Å². The molecule has 0 aliphatic carbocycles. The summed E-state index contributed by atoms with van der Waals surface area (Å²) in [4.78, 5) is 0. The highest BCUT2D eigenvalue weighted by molar-refractivity contribution is 7.36. The van der Waals surface area contributed by atoms with Crippen LogP contribution in [-0.2, 0) is 0 Å². The van der Waals surface area contributed by atoms with Gasteiger partial charge in [0.25, 0.3) is 0 Å². The Bertz CT molecular complexity index is 14.0. The number of hydrogen-bond acceptors (Lipinski definition) is 0. The monoisotopic (exact) mass is 196 g/mol. The molecule has 0 saturated heterocycles. The topological polar surface area (TPSA) is 0 Å². The van der Waals surface area contributed by atoms with Gasteiger partial charge in [-0.25, -0.2) is 0 Å². The fraction of sp³-hybridized carbons (Fsp3) is 1.00. The molecule has 0 nitrogen and oxygen atoms in total. The van der Waals surface area contributed by atoms with Crippen molar-refractivity contribution in [1.29, 1.82) is 0 Å². The first-order valence-corrected chi connectivity index (χ1v) is 6.00. The minimum atomic E-state index is 0. The Balaban J connectivity index is -0.0000000160. The largest absolute Gasteiger partial charge is 0.147 e. The van der Waals surface area contributed by atoms with Gasteiger partial charge >= 0.3 is 0 Å². The maximum Gasteiger partial charge on any atom is -0.0475 e. The average molecular weight is 197 g/mol. The van der Waals surface area contributed by atoms with Crippen molar-refractivity contribution in [3.63, 3.8) is 0 Å². The molecule has 0 rings (SSSR count). The molecule has 0 bridgehead atoms. The van der Waals surface area contributed by atoms with Gasteiger partial charge in [0.15, 0.2) is 0 Å². The Morgan fingerprint density at radius 1 is 0.625 bits per heavy atom. The smallest absolute Gasteiger partial charge is 0.0475 e. The summed E-state index contributed by atoms with van der Waals surface area (Å²) < 4.78 is 0. The normalized spacial score (nSPS) is 4.50. The fourth-order valence-corrected chi connectivity index (χ4v) is 0. The highest BCUT2D eigenvalue weighted by Gasteiger charge is 1.33. The Labute approximate surface area is 69.0 Å². The Hall–Kier alpha value is 1.44. The standard InChI is InChI=1S/2C2H7P.2ClH/c2*1-3-2;;/h2*3H,1-2H3;2*1H. The lowest BCUT2D eigenvalue weighted by atomic mass is 11.9. The number of rotatable bonds is 0. The zero-order chi connectivity index (χ0) is 5.41. The molecular weight excluding hydrogens is 181 g/mol. The second kappa shape index (κ2) is 39.5. The van der Waals surface area contributed by atoms with E-state index in [1.165, 1.54) is 0 Å². The van der Waals surface area contributed by atoms with Gasteiger partial charge in [0, 0.05) is 0 Å². The summed E-state index contributed by atoms with van der Waals surface area (Å²) in [6, 6.07) is 0. The Morgan fingerprint density at radius 2 is 0.625 bits per heavy atom. The molecule has 4 heteroatoms. The van der Waals surface area contributed by atoms with Gasteiger partial charge in [-0.2, -0.15) is 0 Å². The van der Waals surface area contributed by atoms with Crippen LogP contribution in [0.2, 0.25) is 0 Å². The predicted octanol–water partition coefficient (Wildman–Crippen LogP) is 2.69. The SMILES string of the molecule is CPC.CPC.Cl.Cl. The molecule has 0 fully saturated rings. The quantitative estimate of drug-likeness (QED) is 0.523. The van der Waals surface area contributed by atoms with E-state index in [-0.39, 0.29) is 24.8 Å². The van der Waals surface area contributed by atoms with Crippen LogP contribution in [0.1, 0.15) is 0 Å². The predicted molar refractivity (Wildman–Crippen MR) is 54.8 cm³/mol. The van der Waals surface area contributed by atoms with Gasteiger partial charge in [0.05, 0.1) is 0 Å². The van der Waals surface area contributed by atoms with Gasteiger partial charge in [0.1, 0.15) is 0 Å². The average Bonchev–Trinajstić information content (AvgIpc) is 1.39. The zero-order valence-electron chi connectivity index (χ0n) is 5.82. The summed E-state index contributed by atoms with van der Waals surface area (Å²) in [5.74, 6) is 0. The molecule has 0 atom stereocenters. The summed E-state index contributed by atoms with van der Waals surface area (Å²) in [5.41, 5.74) is 0. The molecular formula is C4H16Cl2P2. The Morgan fingerprint density at radius 3 is 0.625 bits per heavy atom. The van der Waals surface area contributed by atoms with Crippen molar-refractivity contribution >= 4 is 42.0 Å². The molecule has 0 radical (unpaired) electrons. The van der Waals surface area contributed by atoms with Crippen LogP contribution in [0.5, 0.6) is 0 Å². The lowest BCUT2D eigenvalue weighted by molar-refractivity contribution is 2.32. The van der Waals surface area contributed by atoms with Crippen LogP contribution in [0.25, 0.3) is 0 Å². The first kappa shape index (κ1) is 22.7. The van der Waals surface area contributed by atoms with Crippen LogP contribution in [0.4, 0.5) is 0 Å². The van der Waals surface area contributed by atoms with E-state index < -0.39 is 0 Å². The zero-order valence-corrected chi connectivity index (χ0v) is 9.45. The van der Waals surface area contributed by atoms with Crippen molar-refractivity contribution in [2.24, 2.45) is 0 Å². The van der Waals surface area contributed by atoms with E-state index in [1.807, 2.05) is 0 Å². The molecule has 0 heterocycles. The molecule has 0 spiro atoms. The van der Waals surface area contributed by atoms with Crippen LogP contribution in [0.3, 0.4) is 0 Å².